The van der Waals surface area contributed by atoms with Gasteiger partial charge in [0.05, 0.1) is 0 Å². The van der Waals surface area contributed by atoms with Crippen molar-refractivity contribution >= 4 is 18.4 Å². The predicted molar refractivity (Wildman–Crippen MR) is 137 cm³/mol. The lowest BCUT2D eigenvalue weighted by molar-refractivity contribution is -0.119. The minimum Gasteiger partial charge on any atom is -0.508 e. The second kappa shape index (κ2) is 16.4. The Morgan fingerprint density at radius 2 is 1.61 bits per heavy atom. The van der Waals surface area contributed by atoms with Crippen molar-refractivity contribution in [2.75, 3.05) is 26.2 Å². The molecule has 2 fully saturated rings. The summed E-state index contributed by atoms with van der Waals surface area (Å²) in [5, 5.41) is 18.4. The summed E-state index contributed by atoms with van der Waals surface area (Å²) in [6.07, 6.45) is 6.69. The van der Waals surface area contributed by atoms with Crippen molar-refractivity contribution in [1.82, 2.24) is 10.2 Å². The van der Waals surface area contributed by atoms with Crippen molar-refractivity contribution < 1.29 is 9.90 Å². The molecule has 2 aliphatic heterocycles. The third kappa shape index (κ3) is 13.7. The van der Waals surface area contributed by atoms with Crippen molar-refractivity contribution in [2.24, 2.45) is 11.1 Å². The van der Waals surface area contributed by atoms with Gasteiger partial charge in [0.2, 0.25) is 6.41 Å². The molecule has 0 aliphatic carbocycles. The number of carbonyl (C=O) groups excluding carboxylic acids is 1. The SMILES string of the molecule is C1CCNC1.CC.CC(C)(C)SN.Cc1cc(O)c(CC2CCN(C=O)CC2)cc1C. The number of phenols is 1. The van der Waals surface area contributed by atoms with Crippen LogP contribution in [-0.4, -0.2) is 47.3 Å². The van der Waals surface area contributed by atoms with Crippen LogP contribution >= 0.6 is 11.9 Å². The van der Waals surface area contributed by atoms with Gasteiger partial charge in [-0.05, 0) is 108 Å². The standard InChI is InChI=1S/C15H21NO2.C4H11NS.C4H9N.C2H6/c1-11-7-14(15(18)8-12(11)2)9-13-3-5-16(10-17)6-4-13;1-4(2,3)6-5;1-2-4-5-3-1;1-2/h7-8,10,13,18H,3-6,9H2,1-2H3;5H2,1-3H3;5H,1-4H2;1-2H3. The van der Waals surface area contributed by atoms with Gasteiger partial charge in [-0.1, -0.05) is 31.9 Å². The van der Waals surface area contributed by atoms with E-state index in [-0.39, 0.29) is 4.75 Å². The number of likely N-dealkylation sites (tertiary alicyclic amines) is 1. The van der Waals surface area contributed by atoms with Crippen LogP contribution in [0.2, 0.25) is 0 Å². The van der Waals surface area contributed by atoms with Gasteiger partial charge in [-0.3, -0.25) is 9.93 Å². The number of rotatable bonds is 3. The van der Waals surface area contributed by atoms with Crippen molar-refractivity contribution in [3.05, 3.63) is 28.8 Å². The molecule has 0 radical (unpaired) electrons. The molecule has 0 unspecified atom stereocenters. The Hall–Kier alpha value is -1.24. The van der Waals surface area contributed by atoms with Gasteiger partial charge in [0, 0.05) is 17.8 Å². The molecule has 1 amide bonds. The third-order valence-corrected chi connectivity index (χ3v) is 6.02. The van der Waals surface area contributed by atoms with Gasteiger partial charge in [0.25, 0.3) is 0 Å². The lowest BCUT2D eigenvalue weighted by Gasteiger charge is -2.29. The van der Waals surface area contributed by atoms with Crippen molar-refractivity contribution in [1.29, 1.82) is 0 Å². The van der Waals surface area contributed by atoms with Crippen molar-refractivity contribution in [3.8, 4) is 5.75 Å². The molecule has 31 heavy (non-hydrogen) atoms. The topological polar surface area (TPSA) is 78.6 Å². The number of phenolic OH excluding ortho intramolecular Hbond substituents is 1. The lowest BCUT2D eigenvalue weighted by atomic mass is 9.89. The van der Waals surface area contributed by atoms with Gasteiger partial charge < -0.3 is 15.3 Å². The summed E-state index contributed by atoms with van der Waals surface area (Å²) >= 11 is 1.38. The Labute approximate surface area is 195 Å². The van der Waals surface area contributed by atoms with Crippen LogP contribution in [0.1, 0.15) is 77.0 Å². The highest BCUT2D eigenvalue weighted by Gasteiger charge is 2.19. The summed E-state index contributed by atoms with van der Waals surface area (Å²) in [5.74, 6) is 0.991. The Morgan fingerprint density at radius 1 is 1.13 bits per heavy atom. The number of nitrogens with two attached hydrogens (primary N) is 1. The number of amides is 1. The molecular formula is C25H47N3O2S. The predicted octanol–water partition coefficient (Wildman–Crippen LogP) is 5.21. The zero-order valence-electron chi connectivity index (χ0n) is 21.0. The number of benzene rings is 1. The first-order chi connectivity index (χ1) is 14.7. The van der Waals surface area contributed by atoms with E-state index >= 15 is 0 Å². The summed E-state index contributed by atoms with van der Waals surface area (Å²) in [6, 6.07) is 3.95. The van der Waals surface area contributed by atoms with Crippen molar-refractivity contribution in [3.63, 3.8) is 0 Å². The quantitative estimate of drug-likeness (QED) is 0.433. The van der Waals surface area contributed by atoms with Crippen LogP contribution in [0.15, 0.2) is 12.1 Å². The second-order valence-corrected chi connectivity index (χ2v) is 10.5. The van der Waals surface area contributed by atoms with Crippen LogP contribution < -0.4 is 10.5 Å². The number of carbonyl (C=O) groups is 1. The number of hydrogen-bond donors (Lipinski definition) is 3. The molecule has 1 aromatic rings. The summed E-state index contributed by atoms with van der Waals surface area (Å²) in [5.41, 5.74) is 3.41. The van der Waals surface area contributed by atoms with Gasteiger partial charge in [-0.25, -0.2) is 0 Å². The summed E-state index contributed by atoms with van der Waals surface area (Å²) < 4.78 is 0.236. The monoisotopic (exact) mass is 453 g/mol. The molecule has 0 atom stereocenters. The molecule has 6 heteroatoms. The Morgan fingerprint density at radius 3 is 2.00 bits per heavy atom. The van der Waals surface area contributed by atoms with E-state index in [2.05, 4.69) is 39.1 Å². The molecule has 4 N–H and O–H groups in total. The van der Waals surface area contributed by atoms with Gasteiger partial charge in [0.1, 0.15) is 5.75 Å². The fourth-order valence-electron chi connectivity index (χ4n) is 3.22. The van der Waals surface area contributed by atoms with E-state index in [9.17, 15) is 9.90 Å². The smallest absolute Gasteiger partial charge is 0.209 e. The Kier molecular flexibility index (Phi) is 15.7. The normalized spacial score (nSPS) is 16.2. The molecule has 180 valence electrons. The molecule has 5 nitrogen and oxygen atoms in total. The first-order valence-electron chi connectivity index (χ1n) is 11.7. The van der Waals surface area contributed by atoms with Gasteiger partial charge in [-0.2, -0.15) is 0 Å². The number of hydrogen-bond acceptors (Lipinski definition) is 5. The fraction of sp³-hybridized carbons (Fsp3) is 0.720. The highest BCUT2D eigenvalue weighted by molar-refractivity contribution is 7.98. The molecule has 0 bridgehead atoms. The minimum atomic E-state index is 0.236. The number of nitrogens with zero attached hydrogens (tertiary/aromatic N) is 1. The number of aryl methyl sites for hydroxylation is 2. The minimum absolute atomic E-state index is 0.236. The van der Waals surface area contributed by atoms with E-state index < -0.39 is 0 Å². The summed E-state index contributed by atoms with van der Waals surface area (Å²) in [4.78, 5) is 12.5. The van der Waals surface area contributed by atoms with Crippen LogP contribution in [0, 0.1) is 19.8 Å². The highest BCUT2D eigenvalue weighted by Crippen LogP contribution is 2.28. The molecule has 2 aliphatic rings. The maximum atomic E-state index is 10.6. The molecule has 0 saturated carbocycles. The van der Waals surface area contributed by atoms with Crippen LogP contribution in [0.4, 0.5) is 0 Å². The molecular weight excluding hydrogens is 406 g/mol. The average molecular weight is 454 g/mol. The Bertz CT molecular complexity index is 598. The average Bonchev–Trinajstić information content (AvgIpc) is 3.34. The maximum Gasteiger partial charge on any atom is 0.209 e. The van der Waals surface area contributed by atoms with Crippen LogP contribution in [-0.2, 0) is 11.2 Å². The zero-order chi connectivity index (χ0) is 23.9. The molecule has 0 spiro atoms. The van der Waals surface area contributed by atoms with E-state index in [0.717, 1.165) is 49.9 Å². The van der Waals surface area contributed by atoms with Gasteiger partial charge in [0.15, 0.2) is 0 Å². The highest BCUT2D eigenvalue weighted by atomic mass is 32.2. The third-order valence-electron chi connectivity index (χ3n) is 5.31. The largest absolute Gasteiger partial charge is 0.508 e. The molecule has 2 saturated heterocycles. The first kappa shape index (κ1) is 29.8. The number of piperidine rings is 1. The number of nitrogens with one attached hydrogen (secondary N) is 1. The fourth-order valence-corrected chi connectivity index (χ4v) is 3.22. The zero-order valence-corrected chi connectivity index (χ0v) is 21.8. The van der Waals surface area contributed by atoms with E-state index in [0.29, 0.717) is 11.7 Å². The maximum absolute atomic E-state index is 10.6. The van der Waals surface area contributed by atoms with E-state index in [4.69, 9.17) is 5.14 Å². The summed E-state index contributed by atoms with van der Waals surface area (Å²) in [6.45, 7) is 18.5. The first-order valence-corrected chi connectivity index (χ1v) is 12.6. The van der Waals surface area contributed by atoms with Gasteiger partial charge >= 0.3 is 0 Å². The van der Waals surface area contributed by atoms with Crippen LogP contribution in [0.5, 0.6) is 5.75 Å². The Balaban J connectivity index is 0.000000566. The van der Waals surface area contributed by atoms with Gasteiger partial charge in [-0.15, -0.1) is 0 Å². The van der Waals surface area contributed by atoms with Crippen LogP contribution in [0.25, 0.3) is 0 Å². The molecule has 1 aromatic carbocycles. The molecule has 2 heterocycles. The van der Waals surface area contributed by atoms with Crippen LogP contribution in [0.3, 0.4) is 0 Å². The molecule has 0 aromatic heterocycles. The number of aromatic hydroxyl groups is 1. The second-order valence-electron chi connectivity index (χ2n) is 9.04. The summed E-state index contributed by atoms with van der Waals surface area (Å²) in [7, 11) is 0. The lowest BCUT2D eigenvalue weighted by Crippen LogP contribution is -2.33. The van der Waals surface area contributed by atoms with E-state index in [1.165, 1.54) is 43.4 Å². The van der Waals surface area contributed by atoms with E-state index in [1.807, 2.05) is 31.7 Å². The molecule has 3 rings (SSSR count). The van der Waals surface area contributed by atoms with E-state index in [1.54, 1.807) is 0 Å². The van der Waals surface area contributed by atoms with Crippen molar-refractivity contribution in [2.45, 2.75) is 85.3 Å².